The summed E-state index contributed by atoms with van der Waals surface area (Å²) in [5.41, 5.74) is 7.69. The number of hydrazone groups is 1. The molecule has 5 heteroatoms. The zero-order valence-electron chi connectivity index (χ0n) is 14.7. The minimum Gasteiger partial charge on any atom is -0.372 e. The summed E-state index contributed by atoms with van der Waals surface area (Å²) in [4.78, 5) is 14.3. The van der Waals surface area contributed by atoms with E-state index < -0.39 is 0 Å². The largest absolute Gasteiger partial charge is 0.372 e. The van der Waals surface area contributed by atoms with E-state index in [1.807, 2.05) is 44.2 Å². The third-order valence-corrected chi connectivity index (χ3v) is 4.60. The molecule has 1 fully saturated rings. The van der Waals surface area contributed by atoms with Gasteiger partial charge in [-0.2, -0.15) is 5.10 Å². The molecule has 0 radical (unpaired) electrons. The fourth-order valence-corrected chi connectivity index (χ4v) is 2.95. The van der Waals surface area contributed by atoms with Crippen molar-refractivity contribution in [1.29, 1.82) is 0 Å². The Bertz CT molecular complexity index is 762. The Morgan fingerprint density at radius 2 is 1.80 bits per heavy atom. The predicted octanol–water partition coefficient (Wildman–Crippen LogP) is 4.06. The maximum absolute atomic E-state index is 12.0. The summed E-state index contributed by atoms with van der Waals surface area (Å²) in [6, 6.07) is 13.7. The van der Waals surface area contributed by atoms with E-state index in [2.05, 4.69) is 32.9 Å². The highest BCUT2D eigenvalue weighted by Crippen LogP contribution is 2.20. The molecule has 1 aliphatic rings. The van der Waals surface area contributed by atoms with E-state index in [1.165, 1.54) is 18.5 Å². The first-order chi connectivity index (χ1) is 12.1. The van der Waals surface area contributed by atoms with E-state index in [1.54, 1.807) is 6.21 Å². The van der Waals surface area contributed by atoms with Gasteiger partial charge in [0.05, 0.1) is 6.21 Å². The van der Waals surface area contributed by atoms with Gasteiger partial charge in [-0.1, -0.05) is 24.3 Å². The molecule has 2 N–H and O–H groups in total. The molecular formula is C20H24N4O. The van der Waals surface area contributed by atoms with Crippen LogP contribution in [0, 0.1) is 13.8 Å². The minimum atomic E-state index is -0.348. The van der Waals surface area contributed by atoms with Crippen LogP contribution in [0.2, 0.25) is 0 Å². The molecule has 0 aromatic heterocycles. The SMILES string of the molecule is Cc1cccc(NC(=O)N/N=C\c2ccc(N3CCCC3)cc2)c1C. The number of rotatable bonds is 4. The number of nitrogens with one attached hydrogen (secondary N) is 2. The lowest BCUT2D eigenvalue weighted by Gasteiger charge is -2.17. The maximum atomic E-state index is 12.0. The number of hydrogen-bond donors (Lipinski definition) is 2. The standard InChI is InChI=1S/C20H24N4O/c1-15-6-5-7-19(16(15)2)22-20(25)23-21-14-17-8-10-18(11-9-17)24-12-3-4-13-24/h5-11,14H,3-4,12-13H2,1-2H3,(H2,22,23,25)/b21-14-. The number of carbonyl (C=O) groups is 1. The van der Waals surface area contributed by atoms with Crippen LogP contribution in [0.25, 0.3) is 0 Å². The molecule has 2 aromatic rings. The second kappa shape index (κ2) is 7.83. The first-order valence-electron chi connectivity index (χ1n) is 8.65. The van der Waals surface area contributed by atoms with Gasteiger partial charge < -0.3 is 10.2 Å². The molecule has 0 aliphatic carbocycles. The summed E-state index contributed by atoms with van der Waals surface area (Å²) in [7, 11) is 0. The Morgan fingerprint density at radius 3 is 2.52 bits per heavy atom. The zero-order valence-corrected chi connectivity index (χ0v) is 14.7. The Balaban J connectivity index is 1.53. The van der Waals surface area contributed by atoms with Crippen molar-refractivity contribution < 1.29 is 4.79 Å². The van der Waals surface area contributed by atoms with Crippen molar-refractivity contribution in [3.8, 4) is 0 Å². The van der Waals surface area contributed by atoms with E-state index >= 15 is 0 Å². The first kappa shape index (κ1) is 17.0. The zero-order chi connectivity index (χ0) is 17.6. The van der Waals surface area contributed by atoms with Crippen LogP contribution in [0.3, 0.4) is 0 Å². The van der Waals surface area contributed by atoms with Gasteiger partial charge in [0, 0.05) is 24.5 Å². The summed E-state index contributed by atoms with van der Waals surface area (Å²) in [5.74, 6) is 0. The first-order valence-corrected chi connectivity index (χ1v) is 8.65. The highest BCUT2D eigenvalue weighted by molar-refractivity contribution is 5.91. The van der Waals surface area contributed by atoms with E-state index in [0.29, 0.717) is 0 Å². The van der Waals surface area contributed by atoms with Gasteiger partial charge in [-0.05, 0) is 61.6 Å². The molecular weight excluding hydrogens is 312 g/mol. The van der Waals surface area contributed by atoms with E-state index in [-0.39, 0.29) is 6.03 Å². The Labute approximate surface area is 148 Å². The summed E-state index contributed by atoms with van der Waals surface area (Å²) in [5, 5.41) is 6.83. The second-order valence-electron chi connectivity index (χ2n) is 6.36. The van der Waals surface area contributed by atoms with Crippen LogP contribution in [0.1, 0.15) is 29.5 Å². The quantitative estimate of drug-likeness (QED) is 0.653. The topological polar surface area (TPSA) is 56.7 Å². The van der Waals surface area contributed by atoms with Crippen LogP contribution < -0.4 is 15.6 Å². The molecule has 0 spiro atoms. The highest BCUT2D eigenvalue weighted by Gasteiger charge is 2.11. The van der Waals surface area contributed by atoms with Crippen molar-refractivity contribution in [2.24, 2.45) is 5.10 Å². The predicted molar refractivity (Wildman–Crippen MR) is 104 cm³/mol. The van der Waals surface area contributed by atoms with Crippen molar-refractivity contribution in [2.75, 3.05) is 23.3 Å². The molecule has 0 atom stereocenters. The van der Waals surface area contributed by atoms with Gasteiger partial charge in [0.25, 0.3) is 0 Å². The molecule has 2 aromatic carbocycles. The Morgan fingerprint density at radius 1 is 1.08 bits per heavy atom. The number of hydrogen-bond acceptors (Lipinski definition) is 3. The van der Waals surface area contributed by atoms with E-state index in [4.69, 9.17) is 0 Å². The lowest BCUT2D eigenvalue weighted by atomic mass is 10.1. The number of aryl methyl sites for hydroxylation is 1. The fraction of sp³-hybridized carbons (Fsp3) is 0.300. The average molecular weight is 336 g/mol. The minimum absolute atomic E-state index is 0.348. The lowest BCUT2D eigenvalue weighted by Crippen LogP contribution is -2.24. The summed E-state index contributed by atoms with van der Waals surface area (Å²) < 4.78 is 0. The number of carbonyl (C=O) groups excluding carboxylic acids is 1. The number of anilines is 2. The third-order valence-electron chi connectivity index (χ3n) is 4.60. The van der Waals surface area contributed by atoms with Crippen LogP contribution in [0.5, 0.6) is 0 Å². The number of nitrogens with zero attached hydrogens (tertiary/aromatic N) is 2. The molecule has 3 rings (SSSR count). The number of benzene rings is 2. The van der Waals surface area contributed by atoms with Crippen molar-refractivity contribution in [3.05, 3.63) is 59.2 Å². The van der Waals surface area contributed by atoms with Crippen LogP contribution in [-0.2, 0) is 0 Å². The molecule has 130 valence electrons. The molecule has 25 heavy (non-hydrogen) atoms. The summed E-state index contributed by atoms with van der Waals surface area (Å²) >= 11 is 0. The van der Waals surface area contributed by atoms with Gasteiger partial charge in [0.15, 0.2) is 0 Å². The van der Waals surface area contributed by atoms with Gasteiger partial charge in [0.1, 0.15) is 0 Å². The third kappa shape index (κ3) is 4.38. The van der Waals surface area contributed by atoms with Crippen molar-refractivity contribution >= 4 is 23.6 Å². The number of urea groups is 1. The van der Waals surface area contributed by atoms with Crippen LogP contribution in [0.4, 0.5) is 16.2 Å². The molecule has 1 heterocycles. The van der Waals surface area contributed by atoms with Gasteiger partial charge in [0.2, 0.25) is 0 Å². The smallest absolute Gasteiger partial charge is 0.339 e. The monoisotopic (exact) mass is 336 g/mol. The van der Waals surface area contributed by atoms with Crippen molar-refractivity contribution in [3.63, 3.8) is 0 Å². The molecule has 0 unspecified atom stereocenters. The van der Waals surface area contributed by atoms with Gasteiger partial charge >= 0.3 is 6.03 Å². The van der Waals surface area contributed by atoms with Gasteiger partial charge in [-0.25, -0.2) is 10.2 Å². The maximum Gasteiger partial charge on any atom is 0.339 e. The molecule has 5 nitrogen and oxygen atoms in total. The van der Waals surface area contributed by atoms with E-state index in [0.717, 1.165) is 35.5 Å². The second-order valence-corrected chi connectivity index (χ2v) is 6.36. The molecule has 1 saturated heterocycles. The average Bonchev–Trinajstić information content (AvgIpc) is 3.14. The van der Waals surface area contributed by atoms with Crippen LogP contribution in [0.15, 0.2) is 47.6 Å². The molecule has 1 aliphatic heterocycles. The highest BCUT2D eigenvalue weighted by atomic mass is 16.2. The lowest BCUT2D eigenvalue weighted by molar-refractivity contribution is 0.252. The Kier molecular flexibility index (Phi) is 5.33. The van der Waals surface area contributed by atoms with Gasteiger partial charge in [-0.3, -0.25) is 0 Å². The normalized spacial score (nSPS) is 14.1. The van der Waals surface area contributed by atoms with Crippen LogP contribution >= 0.6 is 0 Å². The van der Waals surface area contributed by atoms with Gasteiger partial charge in [-0.15, -0.1) is 0 Å². The van der Waals surface area contributed by atoms with E-state index in [9.17, 15) is 4.79 Å². The molecule has 2 amide bonds. The van der Waals surface area contributed by atoms with Crippen molar-refractivity contribution in [2.45, 2.75) is 26.7 Å². The Hall–Kier alpha value is -2.82. The van der Waals surface area contributed by atoms with Crippen molar-refractivity contribution in [1.82, 2.24) is 5.43 Å². The summed E-state index contributed by atoms with van der Waals surface area (Å²) in [6.07, 6.45) is 4.18. The van der Waals surface area contributed by atoms with Crippen LogP contribution in [-0.4, -0.2) is 25.3 Å². The fourth-order valence-electron chi connectivity index (χ4n) is 2.95. The molecule has 0 saturated carbocycles. The number of amides is 2. The molecule has 0 bridgehead atoms. The summed E-state index contributed by atoms with van der Waals surface area (Å²) in [6.45, 7) is 6.26.